The number of hydrogen-bond acceptors (Lipinski definition) is 6. The molecule has 0 atom stereocenters. The van der Waals surface area contributed by atoms with Crippen LogP contribution in [0.4, 0.5) is 0 Å². The molecule has 0 saturated heterocycles. The van der Waals surface area contributed by atoms with E-state index in [9.17, 15) is 9.59 Å². The van der Waals surface area contributed by atoms with Gasteiger partial charge in [-0.25, -0.2) is 4.98 Å². The molecule has 0 amide bonds. The van der Waals surface area contributed by atoms with Crippen LogP contribution in [0, 0.1) is 6.92 Å². The van der Waals surface area contributed by atoms with E-state index in [1.54, 1.807) is 31.2 Å². The smallest absolute Gasteiger partial charge is 0.278 e. The molecule has 3 rings (SSSR count). The molecule has 2 aromatic heterocycles. The van der Waals surface area contributed by atoms with Gasteiger partial charge in [0, 0.05) is 11.8 Å². The Kier molecular flexibility index (Phi) is 3.53. The van der Waals surface area contributed by atoms with E-state index >= 15 is 0 Å². The molecular weight excluding hydrogens is 290 g/mol. The number of nitrogens with one attached hydrogen (secondary N) is 1. The second-order valence-electron chi connectivity index (χ2n) is 4.38. The van der Waals surface area contributed by atoms with Crippen molar-refractivity contribution in [3.05, 3.63) is 56.7 Å². The van der Waals surface area contributed by atoms with Gasteiger partial charge in [-0.1, -0.05) is 29.1 Å². The lowest BCUT2D eigenvalue weighted by Gasteiger charge is -2.04. The first-order valence-corrected chi connectivity index (χ1v) is 7.15. The van der Waals surface area contributed by atoms with Crippen LogP contribution in [0.1, 0.15) is 5.69 Å². The number of aromatic nitrogens is 5. The van der Waals surface area contributed by atoms with E-state index in [2.05, 4.69) is 20.3 Å². The number of H-pyrrole nitrogens is 1. The standard InChI is InChI=1S/C13H11N5O2S/c1-8-6-11(19)15-13(14-8)21-7-18-12(20)9-4-2-3-5-10(9)16-17-18/h2-6H,7H2,1H3,(H,14,15,19). The minimum atomic E-state index is -0.220. The summed E-state index contributed by atoms with van der Waals surface area (Å²) in [7, 11) is 0. The van der Waals surface area contributed by atoms with E-state index in [0.717, 1.165) is 0 Å². The van der Waals surface area contributed by atoms with E-state index < -0.39 is 0 Å². The average Bonchev–Trinajstić information content (AvgIpc) is 2.46. The number of rotatable bonds is 3. The maximum absolute atomic E-state index is 12.2. The minimum Gasteiger partial charge on any atom is -0.301 e. The second kappa shape index (κ2) is 5.49. The lowest BCUT2D eigenvalue weighted by molar-refractivity contribution is 0.643. The number of aromatic amines is 1. The molecule has 1 aromatic carbocycles. The molecule has 0 radical (unpaired) electrons. The van der Waals surface area contributed by atoms with E-state index in [0.29, 0.717) is 21.8 Å². The van der Waals surface area contributed by atoms with E-state index in [-0.39, 0.29) is 17.0 Å². The fraction of sp³-hybridized carbons (Fsp3) is 0.154. The Labute approximate surface area is 123 Å². The number of thioether (sulfide) groups is 1. The van der Waals surface area contributed by atoms with Crippen molar-refractivity contribution in [3.8, 4) is 0 Å². The molecule has 0 fully saturated rings. The van der Waals surface area contributed by atoms with Crippen LogP contribution >= 0.6 is 11.8 Å². The Morgan fingerprint density at radius 2 is 2.10 bits per heavy atom. The zero-order valence-corrected chi connectivity index (χ0v) is 11.9. The summed E-state index contributed by atoms with van der Waals surface area (Å²) in [5.74, 6) is 0.225. The van der Waals surface area contributed by atoms with Crippen molar-refractivity contribution >= 4 is 22.7 Å². The second-order valence-corrected chi connectivity index (χ2v) is 5.31. The highest BCUT2D eigenvalue weighted by Crippen LogP contribution is 2.12. The molecule has 0 aliphatic rings. The summed E-state index contributed by atoms with van der Waals surface area (Å²) in [5, 5.41) is 8.84. The highest BCUT2D eigenvalue weighted by Gasteiger charge is 2.06. The van der Waals surface area contributed by atoms with Gasteiger partial charge in [-0.05, 0) is 19.1 Å². The maximum atomic E-state index is 12.2. The molecule has 0 saturated carbocycles. The van der Waals surface area contributed by atoms with Crippen molar-refractivity contribution in [2.75, 3.05) is 0 Å². The summed E-state index contributed by atoms with van der Waals surface area (Å²) in [6, 6.07) is 8.44. The molecule has 0 bridgehead atoms. The molecule has 0 aliphatic carbocycles. The van der Waals surface area contributed by atoms with Crippen LogP contribution in [0.15, 0.2) is 45.1 Å². The monoisotopic (exact) mass is 301 g/mol. The van der Waals surface area contributed by atoms with Gasteiger partial charge in [0.25, 0.3) is 11.1 Å². The quantitative estimate of drug-likeness (QED) is 0.571. The summed E-state index contributed by atoms with van der Waals surface area (Å²) in [6.45, 7) is 1.74. The third-order valence-corrected chi connectivity index (χ3v) is 3.64. The zero-order valence-electron chi connectivity index (χ0n) is 11.1. The molecule has 0 aliphatic heterocycles. The normalized spacial score (nSPS) is 10.9. The molecule has 3 aromatic rings. The van der Waals surface area contributed by atoms with Gasteiger partial charge in [0.1, 0.15) is 5.52 Å². The van der Waals surface area contributed by atoms with Gasteiger partial charge in [0.05, 0.1) is 11.3 Å². The first-order valence-electron chi connectivity index (χ1n) is 6.17. The molecule has 1 N–H and O–H groups in total. The average molecular weight is 301 g/mol. The van der Waals surface area contributed by atoms with E-state index in [1.807, 2.05) is 0 Å². The third-order valence-electron chi connectivity index (χ3n) is 2.80. The van der Waals surface area contributed by atoms with Crippen LogP contribution in [0.25, 0.3) is 10.9 Å². The molecule has 21 heavy (non-hydrogen) atoms. The van der Waals surface area contributed by atoms with Gasteiger partial charge in [-0.2, -0.15) is 4.68 Å². The highest BCUT2D eigenvalue weighted by atomic mass is 32.2. The first-order chi connectivity index (χ1) is 10.1. The summed E-state index contributed by atoms with van der Waals surface area (Å²) < 4.78 is 1.25. The Balaban J connectivity index is 1.90. The number of nitrogens with zero attached hydrogens (tertiary/aromatic N) is 4. The molecule has 7 nitrogen and oxygen atoms in total. The van der Waals surface area contributed by atoms with Crippen LogP contribution in [-0.2, 0) is 5.88 Å². The summed E-state index contributed by atoms with van der Waals surface area (Å²) in [6.07, 6.45) is 0. The van der Waals surface area contributed by atoms with Crippen molar-refractivity contribution < 1.29 is 0 Å². The van der Waals surface area contributed by atoms with Crippen molar-refractivity contribution in [1.29, 1.82) is 0 Å². The summed E-state index contributed by atoms with van der Waals surface area (Å²) in [4.78, 5) is 30.4. The van der Waals surface area contributed by atoms with Gasteiger partial charge < -0.3 is 4.98 Å². The Bertz CT molecular complexity index is 918. The first kappa shape index (κ1) is 13.5. The fourth-order valence-corrected chi connectivity index (χ4v) is 2.64. The number of fused-ring (bicyclic) bond motifs is 1. The third kappa shape index (κ3) is 2.84. The van der Waals surface area contributed by atoms with Gasteiger partial charge in [-0.3, -0.25) is 9.59 Å². The highest BCUT2D eigenvalue weighted by molar-refractivity contribution is 7.98. The Hall–Kier alpha value is -2.48. The molecule has 8 heteroatoms. The molecule has 2 heterocycles. The van der Waals surface area contributed by atoms with Gasteiger partial charge in [0.15, 0.2) is 5.16 Å². The fourth-order valence-electron chi connectivity index (χ4n) is 1.85. The van der Waals surface area contributed by atoms with Crippen LogP contribution < -0.4 is 11.1 Å². The molecule has 0 unspecified atom stereocenters. The number of benzene rings is 1. The van der Waals surface area contributed by atoms with Crippen LogP contribution in [0.2, 0.25) is 0 Å². The lowest BCUT2D eigenvalue weighted by atomic mass is 10.2. The minimum absolute atomic E-state index is 0.219. The Morgan fingerprint density at radius 3 is 2.90 bits per heavy atom. The van der Waals surface area contributed by atoms with Crippen molar-refractivity contribution in [3.63, 3.8) is 0 Å². The van der Waals surface area contributed by atoms with Crippen LogP contribution in [0.3, 0.4) is 0 Å². The molecule has 0 spiro atoms. The van der Waals surface area contributed by atoms with Crippen LogP contribution in [0.5, 0.6) is 0 Å². The predicted molar refractivity (Wildman–Crippen MR) is 79.2 cm³/mol. The number of hydrogen-bond donors (Lipinski definition) is 1. The van der Waals surface area contributed by atoms with E-state index in [4.69, 9.17) is 0 Å². The van der Waals surface area contributed by atoms with Crippen LogP contribution in [-0.4, -0.2) is 25.0 Å². The zero-order chi connectivity index (χ0) is 14.8. The Morgan fingerprint density at radius 1 is 1.29 bits per heavy atom. The summed E-state index contributed by atoms with van der Waals surface area (Å²) in [5.41, 5.74) is 0.745. The molecular formula is C13H11N5O2S. The topological polar surface area (TPSA) is 93.5 Å². The van der Waals surface area contributed by atoms with E-state index in [1.165, 1.54) is 22.5 Å². The van der Waals surface area contributed by atoms with Gasteiger partial charge in [-0.15, -0.1) is 5.10 Å². The lowest BCUT2D eigenvalue weighted by Crippen LogP contribution is -2.23. The van der Waals surface area contributed by atoms with Crippen molar-refractivity contribution in [1.82, 2.24) is 25.0 Å². The maximum Gasteiger partial charge on any atom is 0.278 e. The predicted octanol–water partition coefficient (Wildman–Crippen LogP) is 0.933. The molecule has 106 valence electrons. The number of aryl methyl sites for hydroxylation is 1. The summed E-state index contributed by atoms with van der Waals surface area (Å²) >= 11 is 1.22. The van der Waals surface area contributed by atoms with Gasteiger partial charge in [0.2, 0.25) is 0 Å². The largest absolute Gasteiger partial charge is 0.301 e. The SMILES string of the molecule is Cc1cc(=O)[nH]c(SCn2nnc3ccccc3c2=O)n1. The van der Waals surface area contributed by atoms with Crippen molar-refractivity contribution in [2.24, 2.45) is 0 Å². The van der Waals surface area contributed by atoms with Gasteiger partial charge >= 0.3 is 0 Å². The van der Waals surface area contributed by atoms with Crippen molar-refractivity contribution in [2.45, 2.75) is 18.0 Å².